The van der Waals surface area contributed by atoms with Gasteiger partial charge in [0.1, 0.15) is 0 Å². The molecule has 1 aromatic carbocycles. The van der Waals surface area contributed by atoms with Crippen LogP contribution in [0.25, 0.3) is 5.69 Å². The smallest absolute Gasteiger partial charge is 0.257 e. The summed E-state index contributed by atoms with van der Waals surface area (Å²) in [7, 11) is 0. The van der Waals surface area contributed by atoms with Crippen LogP contribution in [-0.4, -0.2) is 25.9 Å². The lowest BCUT2D eigenvalue weighted by atomic mass is 10.1. The lowest BCUT2D eigenvalue weighted by Crippen LogP contribution is -2.15. The van der Waals surface area contributed by atoms with Gasteiger partial charge in [0.15, 0.2) is 0 Å². The van der Waals surface area contributed by atoms with Crippen molar-refractivity contribution >= 4 is 11.6 Å². The normalized spacial score (nSPS) is 10.4. The largest absolute Gasteiger partial charge is 0.319 e. The molecular formula is C14H13N5O. The van der Waals surface area contributed by atoms with Crippen molar-refractivity contribution in [2.75, 3.05) is 5.32 Å². The fraction of sp³-hybridized carbons (Fsp3) is 0.0714. The molecule has 0 aliphatic rings. The van der Waals surface area contributed by atoms with Crippen LogP contribution in [0.4, 0.5) is 5.69 Å². The number of aromatic amines is 1. The molecular weight excluding hydrogens is 254 g/mol. The minimum atomic E-state index is -0.194. The maximum absolute atomic E-state index is 12.4. The Kier molecular flexibility index (Phi) is 3.04. The van der Waals surface area contributed by atoms with Crippen LogP contribution in [0, 0.1) is 6.92 Å². The molecule has 0 saturated carbocycles. The van der Waals surface area contributed by atoms with Crippen molar-refractivity contribution in [3.63, 3.8) is 0 Å². The van der Waals surface area contributed by atoms with Crippen molar-refractivity contribution in [1.29, 1.82) is 0 Å². The summed E-state index contributed by atoms with van der Waals surface area (Å²) >= 11 is 0. The zero-order valence-electron chi connectivity index (χ0n) is 10.9. The van der Waals surface area contributed by atoms with Gasteiger partial charge in [-0.05, 0) is 25.1 Å². The molecule has 3 rings (SSSR count). The molecule has 2 N–H and O–H groups in total. The van der Waals surface area contributed by atoms with Crippen LogP contribution >= 0.6 is 0 Å². The Balaban J connectivity index is 1.94. The van der Waals surface area contributed by atoms with Gasteiger partial charge in [0.2, 0.25) is 0 Å². The van der Waals surface area contributed by atoms with Gasteiger partial charge in [-0.15, -0.1) is 0 Å². The van der Waals surface area contributed by atoms with E-state index in [2.05, 4.69) is 20.6 Å². The van der Waals surface area contributed by atoms with E-state index in [1.165, 1.54) is 0 Å². The number of nitrogens with zero attached hydrogens (tertiary/aromatic N) is 3. The molecule has 3 aromatic rings. The van der Waals surface area contributed by atoms with Crippen LogP contribution < -0.4 is 5.32 Å². The summed E-state index contributed by atoms with van der Waals surface area (Å²) in [6, 6.07) is 9.13. The second-order valence-electron chi connectivity index (χ2n) is 4.33. The topological polar surface area (TPSA) is 75.6 Å². The zero-order chi connectivity index (χ0) is 13.9. The molecule has 0 atom stereocenters. The standard InChI is InChI=1S/C14H13N5O/c1-10-12(9-15-18-10)17-14(20)11-5-2-3-6-13(11)19-8-4-7-16-19/h2-9H,1H3,(H,15,18)(H,17,20). The van der Waals surface area contributed by atoms with Crippen molar-refractivity contribution in [1.82, 2.24) is 20.0 Å². The molecule has 20 heavy (non-hydrogen) atoms. The summed E-state index contributed by atoms with van der Waals surface area (Å²) in [6.45, 7) is 1.85. The van der Waals surface area contributed by atoms with Gasteiger partial charge in [-0.25, -0.2) is 4.68 Å². The van der Waals surface area contributed by atoms with E-state index in [0.717, 1.165) is 11.4 Å². The number of benzene rings is 1. The van der Waals surface area contributed by atoms with E-state index < -0.39 is 0 Å². The molecule has 6 nitrogen and oxygen atoms in total. The highest BCUT2D eigenvalue weighted by Gasteiger charge is 2.14. The van der Waals surface area contributed by atoms with E-state index in [0.29, 0.717) is 11.3 Å². The molecule has 0 radical (unpaired) electrons. The summed E-state index contributed by atoms with van der Waals surface area (Å²) < 4.78 is 1.66. The summed E-state index contributed by atoms with van der Waals surface area (Å²) in [5.74, 6) is -0.194. The minimum absolute atomic E-state index is 0.194. The second-order valence-corrected chi connectivity index (χ2v) is 4.33. The van der Waals surface area contributed by atoms with Crippen molar-refractivity contribution < 1.29 is 4.79 Å². The molecule has 0 spiro atoms. The van der Waals surface area contributed by atoms with Crippen molar-refractivity contribution in [2.24, 2.45) is 0 Å². The number of anilines is 1. The highest BCUT2D eigenvalue weighted by Crippen LogP contribution is 2.17. The highest BCUT2D eigenvalue weighted by molar-refractivity contribution is 6.06. The molecule has 1 amide bonds. The number of carbonyl (C=O) groups excluding carboxylic acids is 1. The number of amides is 1. The summed E-state index contributed by atoms with van der Waals surface area (Å²) in [5, 5.41) is 13.7. The average Bonchev–Trinajstić information content (AvgIpc) is 3.11. The van der Waals surface area contributed by atoms with Gasteiger partial charge in [0.05, 0.1) is 28.8 Å². The molecule has 6 heteroatoms. The van der Waals surface area contributed by atoms with Crippen LogP contribution in [0.15, 0.2) is 48.9 Å². The molecule has 0 bridgehead atoms. The molecule has 0 saturated heterocycles. The lowest BCUT2D eigenvalue weighted by Gasteiger charge is -2.09. The Morgan fingerprint density at radius 2 is 2.15 bits per heavy atom. The van der Waals surface area contributed by atoms with Crippen molar-refractivity contribution in [3.05, 3.63) is 60.2 Å². The third-order valence-electron chi connectivity index (χ3n) is 2.98. The monoisotopic (exact) mass is 267 g/mol. The summed E-state index contributed by atoms with van der Waals surface area (Å²) in [6.07, 6.45) is 5.06. The first-order chi connectivity index (χ1) is 9.75. The van der Waals surface area contributed by atoms with Crippen LogP contribution in [0.1, 0.15) is 16.1 Å². The maximum atomic E-state index is 12.4. The molecule has 0 aliphatic carbocycles. The number of aromatic nitrogens is 4. The van der Waals surface area contributed by atoms with Gasteiger partial charge in [-0.2, -0.15) is 10.2 Å². The molecule has 100 valence electrons. The number of rotatable bonds is 3. The Hall–Kier alpha value is -2.89. The van der Waals surface area contributed by atoms with Crippen LogP contribution in [0.2, 0.25) is 0 Å². The van der Waals surface area contributed by atoms with E-state index in [-0.39, 0.29) is 5.91 Å². The average molecular weight is 267 g/mol. The van der Waals surface area contributed by atoms with E-state index in [1.807, 2.05) is 31.2 Å². The molecule has 0 unspecified atom stereocenters. The van der Waals surface area contributed by atoms with Gasteiger partial charge in [-0.3, -0.25) is 9.89 Å². The number of nitrogens with one attached hydrogen (secondary N) is 2. The van der Waals surface area contributed by atoms with E-state index >= 15 is 0 Å². The number of hydrogen-bond acceptors (Lipinski definition) is 3. The van der Waals surface area contributed by atoms with Gasteiger partial charge in [0, 0.05) is 12.4 Å². The quantitative estimate of drug-likeness (QED) is 0.763. The van der Waals surface area contributed by atoms with Gasteiger partial charge >= 0.3 is 0 Å². The van der Waals surface area contributed by atoms with Gasteiger partial charge in [0.25, 0.3) is 5.91 Å². The number of hydrogen-bond donors (Lipinski definition) is 2. The summed E-state index contributed by atoms with van der Waals surface area (Å²) in [4.78, 5) is 12.4. The van der Waals surface area contributed by atoms with Gasteiger partial charge < -0.3 is 5.32 Å². The lowest BCUT2D eigenvalue weighted by molar-refractivity contribution is 0.102. The zero-order valence-corrected chi connectivity index (χ0v) is 10.9. The predicted molar refractivity (Wildman–Crippen MR) is 74.8 cm³/mol. The predicted octanol–water partition coefficient (Wildman–Crippen LogP) is 2.16. The number of aryl methyl sites for hydroxylation is 1. The van der Waals surface area contributed by atoms with E-state index in [4.69, 9.17) is 0 Å². The maximum Gasteiger partial charge on any atom is 0.257 e. The number of para-hydroxylation sites is 1. The van der Waals surface area contributed by atoms with Crippen LogP contribution in [0.3, 0.4) is 0 Å². The Bertz CT molecular complexity index is 730. The third kappa shape index (κ3) is 2.18. The molecule has 0 aliphatic heterocycles. The van der Waals surface area contributed by atoms with Crippen molar-refractivity contribution in [2.45, 2.75) is 6.92 Å². The fourth-order valence-corrected chi connectivity index (χ4v) is 1.94. The third-order valence-corrected chi connectivity index (χ3v) is 2.98. The van der Waals surface area contributed by atoms with E-state index in [9.17, 15) is 4.79 Å². The first-order valence-electron chi connectivity index (χ1n) is 6.16. The Morgan fingerprint density at radius 3 is 2.85 bits per heavy atom. The molecule has 2 heterocycles. The fourth-order valence-electron chi connectivity index (χ4n) is 1.94. The first-order valence-corrected chi connectivity index (χ1v) is 6.16. The van der Waals surface area contributed by atoms with E-state index in [1.54, 1.807) is 29.3 Å². The first kappa shape index (κ1) is 12.2. The number of H-pyrrole nitrogens is 1. The highest BCUT2D eigenvalue weighted by atomic mass is 16.1. The van der Waals surface area contributed by atoms with Crippen LogP contribution in [-0.2, 0) is 0 Å². The van der Waals surface area contributed by atoms with Gasteiger partial charge in [-0.1, -0.05) is 12.1 Å². The Morgan fingerprint density at radius 1 is 1.30 bits per heavy atom. The van der Waals surface area contributed by atoms with Crippen molar-refractivity contribution in [3.8, 4) is 5.69 Å². The molecule has 0 fully saturated rings. The molecule has 2 aromatic heterocycles. The second kappa shape index (κ2) is 5.00. The van der Waals surface area contributed by atoms with Crippen LogP contribution in [0.5, 0.6) is 0 Å². The summed E-state index contributed by atoms with van der Waals surface area (Å²) in [5.41, 5.74) is 2.77. The Labute approximate surface area is 115 Å². The SMILES string of the molecule is Cc1[nH]ncc1NC(=O)c1ccccc1-n1cccn1. The minimum Gasteiger partial charge on any atom is -0.319 e. The number of carbonyl (C=O) groups is 1.